The molecular formula is C18H29N3O3. The fourth-order valence-corrected chi connectivity index (χ4v) is 2.26. The van der Waals surface area contributed by atoms with Gasteiger partial charge in [0.2, 0.25) is 11.8 Å². The molecule has 6 heteroatoms. The highest BCUT2D eigenvalue weighted by Crippen LogP contribution is 2.23. The molecule has 0 fully saturated rings. The molecule has 2 atom stereocenters. The van der Waals surface area contributed by atoms with Crippen molar-refractivity contribution in [2.75, 3.05) is 13.7 Å². The first kappa shape index (κ1) is 20.0. The summed E-state index contributed by atoms with van der Waals surface area (Å²) in [5.74, 6) is 0.439. The van der Waals surface area contributed by atoms with Crippen LogP contribution < -0.4 is 21.1 Å². The fraction of sp³-hybridized carbons (Fsp3) is 0.556. The van der Waals surface area contributed by atoms with Gasteiger partial charge in [-0.15, -0.1) is 0 Å². The third-order valence-corrected chi connectivity index (χ3v) is 3.90. The third-order valence-electron chi connectivity index (χ3n) is 3.90. The van der Waals surface area contributed by atoms with E-state index in [2.05, 4.69) is 10.6 Å². The minimum Gasteiger partial charge on any atom is -0.497 e. The van der Waals surface area contributed by atoms with Gasteiger partial charge >= 0.3 is 0 Å². The number of carbonyl (C=O) groups excluding carboxylic acids is 2. The van der Waals surface area contributed by atoms with Gasteiger partial charge in [-0.25, -0.2) is 0 Å². The van der Waals surface area contributed by atoms with Gasteiger partial charge in [0, 0.05) is 0 Å². The van der Waals surface area contributed by atoms with E-state index in [0.29, 0.717) is 0 Å². The summed E-state index contributed by atoms with van der Waals surface area (Å²) in [5, 5.41) is 5.54. The molecule has 0 aliphatic heterocycles. The lowest BCUT2D eigenvalue weighted by atomic mass is 9.96. The van der Waals surface area contributed by atoms with Crippen molar-refractivity contribution in [3.63, 3.8) is 0 Å². The quantitative estimate of drug-likeness (QED) is 0.673. The molecule has 0 heterocycles. The maximum atomic E-state index is 12.2. The van der Waals surface area contributed by atoms with Gasteiger partial charge in [-0.3, -0.25) is 9.59 Å². The van der Waals surface area contributed by atoms with Gasteiger partial charge in [-0.1, -0.05) is 39.8 Å². The highest BCUT2D eigenvalue weighted by atomic mass is 16.5. The number of rotatable bonds is 8. The molecule has 2 amide bonds. The number of amides is 2. The van der Waals surface area contributed by atoms with E-state index in [1.54, 1.807) is 7.11 Å². The maximum Gasteiger partial charge on any atom is 0.239 e. The molecule has 4 N–H and O–H groups in total. The molecule has 0 aliphatic carbocycles. The molecule has 0 bridgehead atoms. The van der Waals surface area contributed by atoms with Crippen LogP contribution in [-0.2, 0) is 9.59 Å². The lowest BCUT2D eigenvalue weighted by Crippen LogP contribution is -2.47. The maximum absolute atomic E-state index is 12.2. The van der Waals surface area contributed by atoms with Gasteiger partial charge in [-0.05, 0) is 29.5 Å². The molecule has 1 unspecified atom stereocenters. The predicted octanol–water partition coefficient (Wildman–Crippen LogP) is 1.61. The minimum atomic E-state index is -0.611. The van der Waals surface area contributed by atoms with Gasteiger partial charge in [0.25, 0.3) is 0 Å². The first-order valence-electron chi connectivity index (χ1n) is 8.22. The molecule has 0 aromatic heterocycles. The second-order valence-corrected chi connectivity index (χ2v) is 6.55. The Labute approximate surface area is 144 Å². The summed E-state index contributed by atoms with van der Waals surface area (Å²) in [5.41, 5.74) is 6.75. The van der Waals surface area contributed by atoms with E-state index in [0.717, 1.165) is 11.3 Å². The van der Waals surface area contributed by atoms with Gasteiger partial charge in [0.15, 0.2) is 0 Å². The van der Waals surface area contributed by atoms with Crippen LogP contribution in [0.15, 0.2) is 24.3 Å². The zero-order valence-corrected chi connectivity index (χ0v) is 15.1. The number of nitrogens with one attached hydrogen (secondary N) is 2. The summed E-state index contributed by atoms with van der Waals surface area (Å²) in [6, 6.07) is 6.83. The molecule has 1 aromatic carbocycles. The summed E-state index contributed by atoms with van der Waals surface area (Å²) >= 11 is 0. The molecule has 1 rings (SSSR count). The van der Waals surface area contributed by atoms with Crippen molar-refractivity contribution in [2.45, 2.75) is 39.8 Å². The summed E-state index contributed by atoms with van der Waals surface area (Å²) in [4.78, 5) is 24.0. The van der Waals surface area contributed by atoms with Crippen LogP contribution in [0.1, 0.15) is 39.3 Å². The van der Waals surface area contributed by atoms with Crippen LogP contribution >= 0.6 is 0 Å². The van der Waals surface area contributed by atoms with Gasteiger partial charge in [0.05, 0.1) is 25.7 Å². The molecule has 6 nitrogen and oxygen atoms in total. The monoisotopic (exact) mass is 335 g/mol. The van der Waals surface area contributed by atoms with Gasteiger partial charge in [0.1, 0.15) is 5.75 Å². The Balaban J connectivity index is 2.64. The lowest BCUT2D eigenvalue weighted by Gasteiger charge is -2.23. The van der Waals surface area contributed by atoms with Crippen molar-refractivity contribution in [2.24, 2.45) is 17.6 Å². The van der Waals surface area contributed by atoms with E-state index < -0.39 is 6.04 Å². The zero-order valence-electron chi connectivity index (χ0n) is 15.1. The average molecular weight is 335 g/mol. The van der Waals surface area contributed by atoms with E-state index in [-0.39, 0.29) is 36.2 Å². The molecule has 0 radical (unpaired) electrons. The highest BCUT2D eigenvalue weighted by molar-refractivity contribution is 5.87. The Morgan fingerprint density at radius 3 is 2.12 bits per heavy atom. The molecule has 0 saturated carbocycles. The van der Waals surface area contributed by atoms with E-state index >= 15 is 0 Å². The molecule has 134 valence electrons. The van der Waals surface area contributed by atoms with Crippen LogP contribution in [0.5, 0.6) is 5.75 Å². The number of hydrogen-bond donors (Lipinski definition) is 3. The number of carbonyl (C=O) groups is 2. The zero-order chi connectivity index (χ0) is 18.3. The Morgan fingerprint density at radius 2 is 1.67 bits per heavy atom. The van der Waals surface area contributed by atoms with E-state index in [9.17, 15) is 9.59 Å². The topological polar surface area (TPSA) is 93.5 Å². The summed E-state index contributed by atoms with van der Waals surface area (Å²) in [6.07, 6.45) is 0. The van der Waals surface area contributed by atoms with Crippen LogP contribution in [0.4, 0.5) is 0 Å². The van der Waals surface area contributed by atoms with Crippen molar-refractivity contribution in [1.29, 1.82) is 0 Å². The SMILES string of the molecule is COc1ccc(C(NC(=O)CNC(=O)[C@@H](N)C(C)C)C(C)C)cc1. The van der Waals surface area contributed by atoms with Gasteiger partial charge in [-0.2, -0.15) is 0 Å². The number of benzene rings is 1. The number of hydrogen-bond acceptors (Lipinski definition) is 4. The minimum absolute atomic E-state index is 0.0239. The lowest BCUT2D eigenvalue weighted by molar-refractivity contribution is -0.127. The van der Waals surface area contributed by atoms with Crippen LogP contribution in [-0.4, -0.2) is 31.5 Å². The molecule has 0 spiro atoms. The van der Waals surface area contributed by atoms with Crippen molar-refractivity contribution in [1.82, 2.24) is 10.6 Å². The standard InChI is InChI=1S/C18H29N3O3/c1-11(2)16(19)18(23)20-10-15(22)21-17(12(3)4)13-6-8-14(24-5)9-7-13/h6-9,11-12,16-17H,10,19H2,1-5H3,(H,20,23)(H,21,22)/t16-,17?/m0/s1. The summed E-state index contributed by atoms with van der Waals surface area (Å²) in [6.45, 7) is 7.70. The van der Waals surface area contributed by atoms with Gasteiger partial charge < -0.3 is 21.1 Å². The van der Waals surface area contributed by atoms with Crippen molar-refractivity contribution < 1.29 is 14.3 Å². The molecule has 0 saturated heterocycles. The third kappa shape index (κ3) is 5.85. The smallest absolute Gasteiger partial charge is 0.239 e. The average Bonchev–Trinajstić information content (AvgIpc) is 2.56. The first-order chi connectivity index (χ1) is 11.3. The van der Waals surface area contributed by atoms with Crippen LogP contribution in [0.2, 0.25) is 0 Å². The fourth-order valence-electron chi connectivity index (χ4n) is 2.26. The molecule has 0 aliphatic rings. The molecule has 24 heavy (non-hydrogen) atoms. The largest absolute Gasteiger partial charge is 0.497 e. The summed E-state index contributed by atoms with van der Waals surface area (Å²) < 4.78 is 5.15. The Kier molecular flexibility index (Phi) is 7.71. The van der Waals surface area contributed by atoms with E-state index in [1.165, 1.54) is 0 Å². The van der Waals surface area contributed by atoms with Crippen molar-refractivity contribution in [3.05, 3.63) is 29.8 Å². The Hall–Kier alpha value is -2.08. The number of nitrogens with two attached hydrogens (primary N) is 1. The molecular weight excluding hydrogens is 306 g/mol. The second-order valence-electron chi connectivity index (χ2n) is 6.55. The van der Waals surface area contributed by atoms with E-state index in [4.69, 9.17) is 10.5 Å². The van der Waals surface area contributed by atoms with Crippen molar-refractivity contribution in [3.8, 4) is 5.75 Å². The van der Waals surface area contributed by atoms with Crippen molar-refractivity contribution >= 4 is 11.8 Å². The normalized spacial score (nSPS) is 13.5. The van der Waals surface area contributed by atoms with E-state index in [1.807, 2.05) is 52.0 Å². The summed E-state index contributed by atoms with van der Waals surface area (Å²) in [7, 11) is 1.61. The number of ether oxygens (including phenoxy) is 1. The highest BCUT2D eigenvalue weighted by Gasteiger charge is 2.21. The van der Waals surface area contributed by atoms with Crippen LogP contribution in [0.3, 0.4) is 0 Å². The Morgan fingerprint density at radius 1 is 1.08 bits per heavy atom. The first-order valence-corrected chi connectivity index (χ1v) is 8.22. The molecule has 1 aromatic rings. The number of methoxy groups -OCH3 is 1. The van der Waals surface area contributed by atoms with Crippen LogP contribution in [0.25, 0.3) is 0 Å². The predicted molar refractivity (Wildman–Crippen MR) is 94.5 cm³/mol. The second kappa shape index (κ2) is 9.27. The van der Waals surface area contributed by atoms with Crippen LogP contribution in [0, 0.1) is 11.8 Å². The Bertz CT molecular complexity index is 541.